The Kier molecular flexibility index (Phi) is 3.99. The molecule has 0 unspecified atom stereocenters. The van der Waals surface area contributed by atoms with Gasteiger partial charge < -0.3 is 10.3 Å². The highest BCUT2D eigenvalue weighted by Gasteiger charge is 2.20. The maximum Gasteiger partial charge on any atom is 0.280 e. The van der Waals surface area contributed by atoms with E-state index in [2.05, 4.69) is 9.71 Å². The van der Waals surface area contributed by atoms with Crippen molar-refractivity contribution < 1.29 is 8.42 Å². The van der Waals surface area contributed by atoms with E-state index in [0.717, 1.165) is 0 Å². The maximum absolute atomic E-state index is 12.4. The van der Waals surface area contributed by atoms with Crippen LogP contribution in [0.4, 0.5) is 5.69 Å². The number of nitrogens with two attached hydrogens (primary N) is 1. The maximum atomic E-state index is 12.4. The van der Waals surface area contributed by atoms with Gasteiger partial charge in [0.15, 0.2) is 5.03 Å². The van der Waals surface area contributed by atoms with E-state index in [1.807, 2.05) is 6.92 Å². The number of hydrogen-bond donors (Lipinski definition) is 3. The van der Waals surface area contributed by atoms with Gasteiger partial charge in [0.25, 0.3) is 10.0 Å². The zero-order valence-corrected chi connectivity index (χ0v) is 12.6. The molecule has 0 aliphatic rings. The van der Waals surface area contributed by atoms with Crippen molar-refractivity contribution in [3.05, 3.63) is 41.9 Å². The molecule has 2 rings (SSSR count). The summed E-state index contributed by atoms with van der Waals surface area (Å²) in [6.07, 6.45) is 1.48. The number of para-hydroxylation sites is 1. The third-order valence-corrected chi connectivity index (χ3v) is 4.27. The summed E-state index contributed by atoms with van der Waals surface area (Å²) in [5, 5.41) is 7.42. The molecule has 0 amide bonds. The molecule has 1 aromatic heterocycles. The monoisotopic (exact) mass is 307 g/mol. The van der Waals surface area contributed by atoms with Gasteiger partial charge in [-0.2, -0.15) is 8.42 Å². The molecule has 8 heteroatoms. The van der Waals surface area contributed by atoms with Crippen molar-refractivity contribution in [3.63, 3.8) is 0 Å². The lowest BCUT2D eigenvalue weighted by Crippen LogP contribution is -2.18. The highest BCUT2D eigenvalue weighted by molar-refractivity contribution is 7.92. The van der Waals surface area contributed by atoms with Crippen molar-refractivity contribution in [2.45, 2.75) is 25.4 Å². The van der Waals surface area contributed by atoms with E-state index in [-0.39, 0.29) is 16.5 Å². The van der Waals surface area contributed by atoms with Gasteiger partial charge in [0.1, 0.15) is 11.7 Å². The van der Waals surface area contributed by atoms with Crippen LogP contribution in [0.15, 0.2) is 35.5 Å². The molecule has 0 bridgehead atoms. The molecule has 112 valence electrons. The van der Waals surface area contributed by atoms with E-state index < -0.39 is 10.0 Å². The summed E-state index contributed by atoms with van der Waals surface area (Å²) in [6, 6.07) is 6.48. The van der Waals surface area contributed by atoms with Crippen LogP contribution in [-0.4, -0.2) is 23.8 Å². The van der Waals surface area contributed by atoms with E-state index in [1.54, 1.807) is 35.8 Å². The number of nitrogens with one attached hydrogen (secondary N) is 2. The van der Waals surface area contributed by atoms with Crippen molar-refractivity contribution in [3.8, 4) is 0 Å². The average molecular weight is 307 g/mol. The van der Waals surface area contributed by atoms with Crippen LogP contribution in [0.1, 0.15) is 18.3 Å². The average Bonchev–Trinajstić information content (AvgIpc) is 2.81. The fourth-order valence-electron chi connectivity index (χ4n) is 1.93. The lowest BCUT2D eigenvalue weighted by Gasteiger charge is -2.10. The third kappa shape index (κ3) is 3.05. The third-order valence-electron chi connectivity index (χ3n) is 3.03. The van der Waals surface area contributed by atoms with Gasteiger partial charge in [-0.3, -0.25) is 10.1 Å². The van der Waals surface area contributed by atoms with Crippen LogP contribution in [0.25, 0.3) is 0 Å². The first-order chi connectivity index (χ1) is 9.85. The second kappa shape index (κ2) is 5.57. The van der Waals surface area contributed by atoms with E-state index >= 15 is 0 Å². The molecule has 0 aliphatic heterocycles. The molecule has 0 saturated heterocycles. The Morgan fingerprint density at radius 2 is 2.10 bits per heavy atom. The minimum absolute atomic E-state index is 0.0554. The van der Waals surface area contributed by atoms with Crippen LogP contribution in [0, 0.1) is 12.3 Å². The standard InChI is InChI=1S/C13H17N5O2S/c1-3-18-8-12(16-9(18)2)21(19,20)17-11-7-5-4-6-10(11)13(14)15/h4-8,17H,3H2,1-2H3,(H3,14,15). The van der Waals surface area contributed by atoms with Crippen molar-refractivity contribution in [1.82, 2.24) is 9.55 Å². The fraction of sp³-hybridized carbons (Fsp3) is 0.231. The fourth-order valence-corrected chi connectivity index (χ4v) is 3.02. The minimum atomic E-state index is -3.82. The highest BCUT2D eigenvalue weighted by Crippen LogP contribution is 2.19. The number of aromatic nitrogens is 2. The largest absolute Gasteiger partial charge is 0.384 e. The molecule has 0 atom stereocenters. The number of amidine groups is 1. The number of nitrogen functional groups attached to an aromatic ring is 1. The molecule has 21 heavy (non-hydrogen) atoms. The molecule has 0 aliphatic carbocycles. The number of benzene rings is 1. The molecule has 0 spiro atoms. The van der Waals surface area contributed by atoms with Gasteiger partial charge in [0, 0.05) is 18.3 Å². The smallest absolute Gasteiger partial charge is 0.280 e. The summed E-state index contributed by atoms with van der Waals surface area (Å²) in [4.78, 5) is 4.05. The van der Waals surface area contributed by atoms with Gasteiger partial charge in [-0.1, -0.05) is 12.1 Å². The van der Waals surface area contributed by atoms with Gasteiger partial charge in [0.2, 0.25) is 0 Å². The number of rotatable bonds is 5. The molecule has 0 saturated carbocycles. The molecule has 0 radical (unpaired) electrons. The van der Waals surface area contributed by atoms with E-state index in [0.29, 0.717) is 17.9 Å². The Morgan fingerprint density at radius 1 is 1.43 bits per heavy atom. The molecule has 7 nitrogen and oxygen atoms in total. The Labute approximate surface area is 123 Å². The number of sulfonamides is 1. The second-order valence-corrected chi connectivity index (χ2v) is 6.11. The van der Waals surface area contributed by atoms with Gasteiger partial charge in [-0.15, -0.1) is 0 Å². The van der Waals surface area contributed by atoms with Crippen molar-refractivity contribution in [2.75, 3.05) is 4.72 Å². The normalized spacial score (nSPS) is 11.3. The number of nitrogens with zero attached hydrogens (tertiary/aromatic N) is 2. The Hall–Kier alpha value is -2.35. The summed E-state index contributed by atoms with van der Waals surface area (Å²) < 4.78 is 28.9. The quantitative estimate of drug-likeness (QED) is 0.570. The highest BCUT2D eigenvalue weighted by atomic mass is 32.2. The van der Waals surface area contributed by atoms with Crippen molar-refractivity contribution >= 4 is 21.5 Å². The summed E-state index contributed by atoms with van der Waals surface area (Å²) >= 11 is 0. The van der Waals surface area contributed by atoms with Gasteiger partial charge in [-0.25, -0.2) is 4.98 Å². The first-order valence-corrected chi connectivity index (χ1v) is 7.83. The Bertz CT molecular complexity index is 780. The van der Waals surface area contributed by atoms with Gasteiger partial charge >= 0.3 is 0 Å². The second-order valence-electron chi connectivity index (χ2n) is 4.48. The van der Waals surface area contributed by atoms with Crippen LogP contribution in [0.3, 0.4) is 0 Å². The summed E-state index contributed by atoms with van der Waals surface area (Å²) in [5.74, 6) is 0.418. The summed E-state index contributed by atoms with van der Waals surface area (Å²) in [7, 11) is -3.82. The zero-order chi connectivity index (χ0) is 15.6. The van der Waals surface area contributed by atoms with Crippen LogP contribution < -0.4 is 10.5 Å². The number of imidazole rings is 1. The predicted octanol–water partition coefficient (Wildman–Crippen LogP) is 1.30. The van der Waals surface area contributed by atoms with Gasteiger partial charge in [-0.05, 0) is 26.0 Å². The molecule has 1 aromatic carbocycles. The van der Waals surface area contributed by atoms with E-state index in [4.69, 9.17) is 11.1 Å². The first kappa shape index (κ1) is 15.0. The molecule has 2 aromatic rings. The lowest BCUT2D eigenvalue weighted by atomic mass is 10.2. The minimum Gasteiger partial charge on any atom is -0.384 e. The van der Waals surface area contributed by atoms with Gasteiger partial charge in [0.05, 0.1) is 5.69 Å². The number of hydrogen-bond acceptors (Lipinski definition) is 4. The van der Waals surface area contributed by atoms with Crippen LogP contribution in [0.2, 0.25) is 0 Å². The number of aryl methyl sites for hydroxylation is 2. The zero-order valence-electron chi connectivity index (χ0n) is 11.8. The Balaban J connectivity index is 2.40. The van der Waals surface area contributed by atoms with Crippen LogP contribution >= 0.6 is 0 Å². The topological polar surface area (TPSA) is 114 Å². The molecule has 4 N–H and O–H groups in total. The predicted molar refractivity (Wildman–Crippen MR) is 80.9 cm³/mol. The van der Waals surface area contributed by atoms with E-state index in [1.165, 1.54) is 6.20 Å². The summed E-state index contributed by atoms with van der Waals surface area (Å²) in [6.45, 7) is 4.29. The first-order valence-electron chi connectivity index (χ1n) is 6.35. The lowest BCUT2D eigenvalue weighted by molar-refractivity contribution is 0.598. The SMILES string of the molecule is CCn1cc(S(=O)(=O)Nc2ccccc2C(=N)N)nc1C. The molecular weight excluding hydrogens is 290 g/mol. The van der Waals surface area contributed by atoms with Crippen LogP contribution in [0.5, 0.6) is 0 Å². The van der Waals surface area contributed by atoms with E-state index in [9.17, 15) is 8.42 Å². The Morgan fingerprint density at radius 3 is 2.67 bits per heavy atom. The molecule has 0 fully saturated rings. The molecule has 1 heterocycles. The number of anilines is 1. The molecular formula is C13H17N5O2S. The van der Waals surface area contributed by atoms with Crippen molar-refractivity contribution in [2.24, 2.45) is 5.73 Å². The van der Waals surface area contributed by atoms with Crippen LogP contribution in [-0.2, 0) is 16.6 Å². The van der Waals surface area contributed by atoms with Crippen molar-refractivity contribution in [1.29, 1.82) is 5.41 Å². The summed E-state index contributed by atoms with van der Waals surface area (Å²) in [5.41, 5.74) is 6.04.